The number of carbonyl (C=O) groups is 2. The van der Waals surface area contributed by atoms with Gasteiger partial charge in [0.1, 0.15) is 0 Å². The second-order valence-electron chi connectivity index (χ2n) is 6.05. The largest absolute Gasteiger partial charge is 0.490 e. The van der Waals surface area contributed by atoms with Gasteiger partial charge in [0.2, 0.25) is 0 Å². The maximum Gasteiger partial charge on any atom is 0.490 e. The van der Waals surface area contributed by atoms with E-state index in [-0.39, 0.29) is 5.91 Å². The summed E-state index contributed by atoms with van der Waals surface area (Å²) in [4.78, 5) is 20.6. The minimum atomic E-state index is -5.08. The van der Waals surface area contributed by atoms with Gasteiger partial charge in [0.15, 0.2) is 0 Å². The predicted octanol–water partition coefficient (Wildman–Crippen LogP) is 2.22. The fourth-order valence-corrected chi connectivity index (χ4v) is 3.07. The summed E-state index contributed by atoms with van der Waals surface area (Å²) in [6.45, 7) is 4.46. The van der Waals surface area contributed by atoms with Gasteiger partial charge in [0, 0.05) is 37.4 Å². The van der Waals surface area contributed by atoms with Crippen molar-refractivity contribution in [3.63, 3.8) is 0 Å². The highest BCUT2D eigenvalue weighted by atomic mass is 19.4. The first kappa shape index (κ1) is 20.5. The third-order valence-corrected chi connectivity index (χ3v) is 4.26. The van der Waals surface area contributed by atoms with E-state index >= 15 is 0 Å². The number of carboxylic acid groups (broad SMARTS) is 1. The highest BCUT2D eigenvalue weighted by Gasteiger charge is 2.38. The Morgan fingerprint density at radius 1 is 1.26 bits per heavy atom. The van der Waals surface area contributed by atoms with E-state index in [1.807, 2.05) is 25.1 Å². The molecule has 2 aromatic rings. The molecule has 0 aliphatic carbocycles. The van der Waals surface area contributed by atoms with Gasteiger partial charge in [-0.3, -0.25) is 4.79 Å². The van der Waals surface area contributed by atoms with Crippen LogP contribution in [0.25, 0.3) is 0 Å². The third kappa shape index (κ3) is 4.88. The zero-order valence-corrected chi connectivity index (χ0v) is 14.6. The van der Waals surface area contributed by atoms with Gasteiger partial charge in [0.05, 0.1) is 5.56 Å². The SMILES string of the molecule is Cc1c(C(N)=O)c2c(n1Cc1ccccc1)CCNC2.O=C(O)C(F)(F)F. The van der Waals surface area contributed by atoms with Gasteiger partial charge in [-0.25, -0.2) is 4.79 Å². The quantitative estimate of drug-likeness (QED) is 0.757. The number of amides is 1. The molecule has 6 nitrogen and oxygen atoms in total. The first-order valence-electron chi connectivity index (χ1n) is 8.18. The number of nitrogens with one attached hydrogen (secondary N) is 1. The number of fused-ring (bicyclic) bond motifs is 1. The van der Waals surface area contributed by atoms with Crippen molar-refractivity contribution in [1.82, 2.24) is 9.88 Å². The smallest absolute Gasteiger partial charge is 0.475 e. The molecular weight excluding hydrogens is 363 g/mol. The number of hydrogen-bond acceptors (Lipinski definition) is 3. The summed E-state index contributed by atoms with van der Waals surface area (Å²) in [6, 6.07) is 10.3. The molecule has 1 amide bonds. The molecule has 0 atom stereocenters. The maximum absolute atomic E-state index is 11.7. The molecule has 0 unspecified atom stereocenters. The number of benzene rings is 1. The van der Waals surface area contributed by atoms with Crippen LogP contribution in [-0.4, -0.2) is 34.3 Å². The summed E-state index contributed by atoms with van der Waals surface area (Å²) in [5.74, 6) is -3.08. The lowest BCUT2D eigenvalue weighted by Crippen LogP contribution is -2.26. The van der Waals surface area contributed by atoms with E-state index in [0.29, 0.717) is 5.56 Å². The topological polar surface area (TPSA) is 97.4 Å². The summed E-state index contributed by atoms with van der Waals surface area (Å²) >= 11 is 0. The second kappa shape index (κ2) is 8.26. The number of nitrogens with zero attached hydrogens (tertiary/aromatic N) is 1. The third-order valence-electron chi connectivity index (χ3n) is 4.26. The number of alkyl halides is 3. The van der Waals surface area contributed by atoms with E-state index in [4.69, 9.17) is 15.6 Å². The van der Waals surface area contributed by atoms with Gasteiger partial charge < -0.3 is 20.7 Å². The first-order valence-corrected chi connectivity index (χ1v) is 8.18. The Hall–Kier alpha value is -2.81. The summed E-state index contributed by atoms with van der Waals surface area (Å²) in [7, 11) is 0. The van der Waals surface area contributed by atoms with Crippen molar-refractivity contribution in [2.45, 2.75) is 32.6 Å². The van der Waals surface area contributed by atoms with Crippen LogP contribution < -0.4 is 11.1 Å². The van der Waals surface area contributed by atoms with E-state index in [9.17, 15) is 18.0 Å². The molecule has 0 saturated carbocycles. The number of primary amides is 1. The van der Waals surface area contributed by atoms with Crippen LogP contribution >= 0.6 is 0 Å². The van der Waals surface area contributed by atoms with Crippen LogP contribution in [0.2, 0.25) is 0 Å². The summed E-state index contributed by atoms with van der Waals surface area (Å²) in [5.41, 5.74) is 10.8. The number of carbonyl (C=O) groups excluding carboxylic acids is 1. The number of carboxylic acids is 1. The van der Waals surface area contributed by atoms with Crippen molar-refractivity contribution >= 4 is 11.9 Å². The summed E-state index contributed by atoms with van der Waals surface area (Å²) in [6.07, 6.45) is -4.14. The zero-order chi connectivity index (χ0) is 20.2. The molecule has 1 aliphatic heterocycles. The molecule has 0 spiro atoms. The van der Waals surface area contributed by atoms with Crippen LogP contribution in [0.1, 0.15) is 32.9 Å². The Bertz CT molecular complexity index is 830. The van der Waals surface area contributed by atoms with Crippen molar-refractivity contribution < 1.29 is 27.9 Å². The Kier molecular flexibility index (Phi) is 6.27. The molecule has 2 heterocycles. The Morgan fingerprint density at radius 3 is 2.37 bits per heavy atom. The van der Waals surface area contributed by atoms with Crippen molar-refractivity contribution in [2.24, 2.45) is 5.73 Å². The lowest BCUT2D eigenvalue weighted by Gasteiger charge is -2.17. The lowest BCUT2D eigenvalue weighted by molar-refractivity contribution is -0.192. The molecule has 146 valence electrons. The van der Waals surface area contributed by atoms with Crippen LogP contribution in [0, 0.1) is 6.92 Å². The number of aliphatic carboxylic acids is 1. The molecular formula is C18H20F3N3O3. The Labute approximate surface area is 153 Å². The van der Waals surface area contributed by atoms with E-state index in [1.165, 1.54) is 11.3 Å². The standard InChI is InChI=1S/C16H19N3O.C2HF3O2/c1-11-15(16(17)20)13-9-18-8-7-14(13)19(11)10-12-5-3-2-4-6-12;3-2(4,5)1(6)7/h2-6,18H,7-10H2,1H3,(H2,17,20);(H,6,7). The van der Waals surface area contributed by atoms with Gasteiger partial charge >= 0.3 is 12.1 Å². The fourth-order valence-electron chi connectivity index (χ4n) is 3.07. The summed E-state index contributed by atoms with van der Waals surface area (Å²) in [5, 5.41) is 10.4. The van der Waals surface area contributed by atoms with E-state index in [0.717, 1.165) is 37.3 Å². The number of halogens is 3. The van der Waals surface area contributed by atoms with E-state index in [1.54, 1.807) is 0 Å². The number of rotatable bonds is 3. The van der Waals surface area contributed by atoms with Gasteiger partial charge in [0.25, 0.3) is 5.91 Å². The molecule has 4 N–H and O–H groups in total. The number of nitrogens with two attached hydrogens (primary N) is 1. The van der Waals surface area contributed by atoms with Crippen LogP contribution in [0.3, 0.4) is 0 Å². The van der Waals surface area contributed by atoms with Crippen molar-refractivity contribution in [3.8, 4) is 0 Å². The molecule has 3 rings (SSSR count). The molecule has 1 aromatic carbocycles. The zero-order valence-electron chi connectivity index (χ0n) is 14.6. The highest BCUT2D eigenvalue weighted by molar-refractivity contribution is 5.96. The van der Waals surface area contributed by atoms with Crippen LogP contribution in [-0.2, 0) is 24.3 Å². The molecule has 0 bridgehead atoms. The first-order chi connectivity index (χ1) is 12.6. The van der Waals surface area contributed by atoms with Crippen molar-refractivity contribution in [3.05, 3.63) is 58.4 Å². The van der Waals surface area contributed by atoms with Gasteiger partial charge in [-0.1, -0.05) is 30.3 Å². The van der Waals surface area contributed by atoms with Crippen molar-refractivity contribution in [2.75, 3.05) is 6.54 Å². The molecule has 9 heteroatoms. The lowest BCUT2D eigenvalue weighted by atomic mass is 10.0. The van der Waals surface area contributed by atoms with Crippen molar-refractivity contribution in [1.29, 1.82) is 0 Å². The minimum Gasteiger partial charge on any atom is -0.475 e. The average Bonchev–Trinajstić information content (AvgIpc) is 2.88. The Balaban J connectivity index is 0.000000321. The second-order valence-corrected chi connectivity index (χ2v) is 6.05. The minimum absolute atomic E-state index is 0.325. The molecule has 27 heavy (non-hydrogen) atoms. The number of aromatic nitrogens is 1. The van der Waals surface area contributed by atoms with Crippen LogP contribution in [0.15, 0.2) is 30.3 Å². The van der Waals surface area contributed by atoms with Gasteiger partial charge in [-0.15, -0.1) is 0 Å². The average molecular weight is 383 g/mol. The van der Waals surface area contributed by atoms with E-state index < -0.39 is 12.1 Å². The predicted molar refractivity (Wildman–Crippen MR) is 92.3 cm³/mol. The molecule has 0 radical (unpaired) electrons. The van der Waals surface area contributed by atoms with Gasteiger partial charge in [-0.05, 0) is 18.1 Å². The Morgan fingerprint density at radius 2 is 1.85 bits per heavy atom. The maximum atomic E-state index is 11.7. The normalized spacial score (nSPS) is 13.3. The molecule has 0 fully saturated rings. The van der Waals surface area contributed by atoms with Crippen LogP contribution in [0.4, 0.5) is 13.2 Å². The highest BCUT2D eigenvalue weighted by Crippen LogP contribution is 2.26. The van der Waals surface area contributed by atoms with Crippen LogP contribution in [0.5, 0.6) is 0 Å². The molecule has 1 aliphatic rings. The van der Waals surface area contributed by atoms with E-state index in [2.05, 4.69) is 22.0 Å². The molecule has 0 saturated heterocycles. The fraction of sp³-hybridized carbons (Fsp3) is 0.333. The van der Waals surface area contributed by atoms with Gasteiger partial charge in [-0.2, -0.15) is 13.2 Å². The molecule has 1 aromatic heterocycles. The monoisotopic (exact) mass is 383 g/mol. The number of hydrogen-bond donors (Lipinski definition) is 3. The summed E-state index contributed by atoms with van der Waals surface area (Å²) < 4.78 is 34.0.